The fourth-order valence-electron chi connectivity index (χ4n) is 0.671. The molecule has 62 valence electrons. The van der Waals surface area contributed by atoms with Crippen molar-refractivity contribution in [2.24, 2.45) is 0 Å². The quantitative estimate of drug-likeness (QED) is 0.735. The first-order valence-electron chi connectivity index (χ1n) is 3.62. The highest BCUT2D eigenvalue weighted by atomic mass is 32.1. The first-order chi connectivity index (χ1) is 5.06. The summed E-state index contributed by atoms with van der Waals surface area (Å²) in [5, 5.41) is 7.25. The lowest BCUT2D eigenvalue weighted by Gasteiger charge is -2.17. The van der Waals surface area contributed by atoms with Crippen LogP contribution in [0.3, 0.4) is 0 Å². The van der Waals surface area contributed by atoms with Gasteiger partial charge in [-0.3, -0.25) is 4.79 Å². The maximum atomic E-state index is 10.8. The number of hydrogen-bond acceptors (Lipinski definition) is 3. The predicted octanol–water partition coefficient (Wildman–Crippen LogP) is 1.52. The third-order valence-corrected chi connectivity index (χ3v) is 3.01. The average molecular weight is 172 g/mol. The SMILES string of the molecule is CCC(C)(C)c1n[nH]c(=O)s1. The van der Waals surface area contributed by atoms with Gasteiger partial charge in [0.15, 0.2) is 0 Å². The van der Waals surface area contributed by atoms with Crippen LogP contribution in [0.2, 0.25) is 0 Å². The number of rotatable bonds is 2. The van der Waals surface area contributed by atoms with E-state index in [4.69, 9.17) is 0 Å². The molecule has 1 aromatic heterocycles. The number of nitrogens with one attached hydrogen (secondary N) is 1. The van der Waals surface area contributed by atoms with Crippen LogP contribution in [-0.2, 0) is 5.41 Å². The minimum absolute atomic E-state index is 0.0316. The van der Waals surface area contributed by atoms with Gasteiger partial charge < -0.3 is 0 Å². The Morgan fingerprint density at radius 3 is 2.64 bits per heavy atom. The van der Waals surface area contributed by atoms with Gasteiger partial charge in [0, 0.05) is 5.41 Å². The van der Waals surface area contributed by atoms with Gasteiger partial charge >= 0.3 is 4.87 Å². The van der Waals surface area contributed by atoms with Crippen molar-refractivity contribution in [3.8, 4) is 0 Å². The molecule has 0 radical (unpaired) electrons. The Morgan fingerprint density at radius 1 is 1.64 bits per heavy atom. The average Bonchev–Trinajstić information content (AvgIpc) is 2.36. The van der Waals surface area contributed by atoms with Crippen LogP contribution in [0.5, 0.6) is 0 Å². The van der Waals surface area contributed by atoms with Crippen molar-refractivity contribution >= 4 is 11.3 Å². The molecule has 1 heterocycles. The number of hydrogen-bond donors (Lipinski definition) is 1. The van der Waals surface area contributed by atoms with Crippen molar-refractivity contribution < 1.29 is 0 Å². The van der Waals surface area contributed by atoms with E-state index in [1.54, 1.807) is 0 Å². The molecular formula is C7H12N2OS. The molecule has 0 atom stereocenters. The Balaban J connectivity index is 3.01. The Morgan fingerprint density at radius 2 is 2.27 bits per heavy atom. The second kappa shape index (κ2) is 2.77. The molecule has 0 aliphatic carbocycles. The van der Waals surface area contributed by atoms with Gasteiger partial charge in [-0.25, -0.2) is 5.10 Å². The standard InChI is InChI=1S/C7H12N2OS/c1-4-7(2,3)5-8-9-6(10)11-5/h4H2,1-3H3,(H,9,10). The van der Waals surface area contributed by atoms with Crippen molar-refractivity contribution in [1.29, 1.82) is 0 Å². The molecule has 0 saturated heterocycles. The van der Waals surface area contributed by atoms with Gasteiger partial charge in [0.2, 0.25) is 0 Å². The molecule has 0 aliphatic rings. The predicted molar refractivity (Wildman–Crippen MR) is 46.1 cm³/mol. The van der Waals surface area contributed by atoms with Crippen molar-refractivity contribution in [1.82, 2.24) is 10.2 Å². The molecular weight excluding hydrogens is 160 g/mol. The van der Waals surface area contributed by atoms with Gasteiger partial charge in [-0.1, -0.05) is 32.1 Å². The Bertz CT molecular complexity index is 287. The largest absolute Gasteiger partial charge is 0.322 e. The second-order valence-electron chi connectivity index (χ2n) is 3.16. The van der Waals surface area contributed by atoms with E-state index in [0.717, 1.165) is 11.4 Å². The van der Waals surface area contributed by atoms with Crippen LogP contribution >= 0.6 is 11.3 Å². The topological polar surface area (TPSA) is 45.8 Å². The van der Waals surface area contributed by atoms with Gasteiger partial charge in [-0.05, 0) is 6.42 Å². The molecule has 0 saturated carbocycles. The number of nitrogens with zero attached hydrogens (tertiary/aromatic N) is 1. The Labute approximate surface area is 69.5 Å². The minimum atomic E-state index is -0.0680. The minimum Gasteiger partial charge on any atom is -0.255 e. The first-order valence-corrected chi connectivity index (χ1v) is 4.44. The molecule has 1 N–H and O–H groups in total. The third-order valence-electron chi connectivity index (χ3n) is 1.90. The second-order valence-corrected chi connectivity index (χ2v) is 4.12. The molecule has 1 rings (SSSR count). The fourth-order valence-corrected chi connectivity index (χ4v) is 1.45. The summed E-state index contributed by atoms with van der Waals surface area (Å²) in [7, 11) is 0. The van der Waals surface area contributed by atoms with Gasteiger partial charge in [-0.15, -0.1) is 0 Å². The molecule has 0 bridgehead atoms. The van der Waals surface area contributed by atoms with Gasteiger partial charge in [0.05, 0.1) is 0 Å². The van der Waals surface area contributed by atoms with Crippen LogP contribution in [-0.4, -0.2) is 10.2 Å². The molecule has 4 heteroatoms. The molecule has 0 aromatic carbocycles. The summed E-state index contributed by atoms with van der Waals surface area (Å²) in [5.41, 5.74) is 0.0316. The van der Waals surface area contributed by atoms with Crippen LogP contribution in [0.4, 0.5) is 0 Å². The van der Waals surface area contributed by atoms with Crippen molar-refractivity contribution in [2.45, 2.75) is 32.6 Å². The van der Waals surface area contributed by atoms with E-state index in [1.807, 2.05) is 0 Å². The van der Waals surface area contributed by atoms with Crippen LogP contribution in [0, 0.1) is 0 Å². The fraction of sp³-hybridized carbons (Fsp3) is 0.714. The summed E-state index contributed by atoms with van der Waals surface area (Å²) < 4.78 is 0. The van der Waals surface area contributed by atoms with E-state index in [1.165, 1.54) is 11.3 Å². The van der Waals surface area contributed by atoms with E-state index in [-0.39, 0.29) is 10.3 Å². The Hall–Kier alpha value is -0.640. The highest BCUT2D eigenvalue weighted by Crippen LogP contribution is 2.25. The number of H-pyrrole nitrogens is 1. The van der Waals surface area contributed by atoms with Crippen molar-refractivity contribution in [3.63, 3.8) is 0 Å². The summed E-state index contributed by atoms with van der Waals surface area (Å²) >= 11 is 1.20. The lowest BCUT2D eigenvalue weighted by Crippen LogP contribution is -2.14. The van der Waals surface area contributed by atoms with Crippen LogP contribution in [0.25, 0.3) is 0 Å². The number of aromatic nitrogens is 2. The maximum absolute atomic E-state index is 10.8. The lowest BCUT2D eigenvalue weighted by atomic mass is 9.91. The summed E-state index contributed by atoms with van der Waals surface area (Å²) in [5.74, 6) is 0. The van der Waals surface area contributed by atoms with Crippen LogP contribution in [0.1, 0.15) is 32.2 Å². The van der Waals surface area contributed by atoms with E-state index in [2.05, 4.69) is 31.0 Å². The van der Waals surface area contributed by atoms with Gasteiger partial charge in [-0.2, -0.15) is 5.10 Å². The molecule has 0 fully saturated rings. The first kappa shape index (κ1) is 8.46. The van der Waals surface area contributed by atoms with Gasteiger partial charge in [0.1, 0.15) is 5.01 Å². The van der Waals surface area contributed by atoms with Crippen LogP contribution in [0.15, 0.2) is 4.79 Å². The molecule has 11 heavy (non-hydrogen) atoms. The van der Waals surface area contributed by atoms with Crippen LogP contribution < -0.4 is 4.87 Å². The highest BCUT2D eigenvalue weighted by molar-refractivity contribution is 7.09. The van der Waals surface area contributed by atoms with E-state index < -0.39 is 0 Å². The molecule has 0 amide bonds. The number of aromatic amines is 1. The molecule has 0 spiro atoms. The third kappa shape index (κ3) is 1.68. The highest BCUT2D eigenvalue weighted by Gasteiger charge is 2.21. The Kier molecular flexibility index (Phi) is 2.13. The normalized spacial score (nSPS) is 11.9. The molecule has 0 unspecified atom stereocenters. The zero-order valence-corrected chi connectivity index (χ0v) is 7.79. The molecule has 1 aromatic rings. The van der Waals surface area contributed by atoms with E-state index >= 15 is 0 Å². The molecule has 0 aliphatic heterocycles. The zero-order chi connectivity index (χ0) is 8.48. The smallest absolute Gasteiger partial charge is 0.255 e. The summed E-state index contributed by atoms with van der Waals surface area (Å²) in [6.07, 6.45) is 0.994. The monoisotopic (exact) mass is 172 g/mol. The summed E-state index contributed by atoms with van der Waals surface area (Å²) in [6.45, 7) is 6.25. The van der Waals surface area contributed by atoms with Crippen molar-refractivity contribution in [3.05, 3.63) is 14.7 Å². The lowest BCUT2D eigenvalue weighted by molar-refractivity contribution is 0.498. The van der Waals surface area contributed by atoms with Gasteiger partial charge in [0.25, 0.3) is 0 Å². The summed E-state index contributed by atoms with van der Waals surface area (Å²) in [4.78, 5) is 10.7. The van der Waals surface area contributed by atoms with Crippen molar-refractivity contribution in [2.75, 3.05) is 0 Å². The zero-order valence-electron chi connectivity index (χ0n) is 6.97. The summed E-state index contributed by atoms with van der Waals surface area (Å²) in [6, 6.07) is 0. The van der Waals surface area contributed by atoms with E-state index in [9.17, 15) is 4.79 Å². The maximum Gasteiger partial charge on any atom is 0.322 e. The van der Waals surface area contributed by atoms with E-state index in [0.29, 0.717) is 0 Å². The molecule has 3 nitrogen and oxygen atoms in total.